The van der Waals surface area contributed by atoms with Crippen LogP contribution in [0.15, 0.2) is 24.3 Å². The molecule has 31 heavy (non-hydrogen) atoms. The van der Waals surface area contributed by atoms with Crippen molar-refractivity contribution in [3.05, 3.63) is 58.4 Å². The van der Waals surface area contributed by atoms with Crippen LogP contribution in [0.1, 0.15) is 21.5 Å². The number of halogens is 3. The van der Waals surface area contributed by atoms with Crippen molar-refractivity contribution in [3.63, 3.8) is 0 Å². The Bertz CT molecular complexity index is 1000. The van der Waals surface area contributed by atoms with Gasteiger partial charge >= 0.3 is 6.09 Å². The van der Waals surface area contributed by atoms with Crippen molar-refractivity contribution in [2.45, 2.75) is 13.5 Å². The molecular formula is C20H20F3N3O5. The molecule has 2 amide bonds. The lowest BCUT2D eigenvalue weighted by molar-refractivity contribution is 0.0168. The van der Waals surface area contributed by atoms with Gasteiger partial charge in [-0.3, -0.25) is 9.63 Å². The van der Waals surface area contributed by atoms with E-state index in [2.05, 4.69) is 5.32 Å². The highest BCUT2D eigenvalue weighted by atomic mass is 19.2. The summed E-state index contributed by atoms with van der Waals surface area (Å²) in [4.78, 5) is 30.1. The highest BCUT2D eigenvalue weighted by Crippen LogP contribution is 2.31. The van der Waals surface area contributed by atoms with Crippen LogP contribution in [0.2, 0.25) is 0 Å². The average molecular weight is 439 g/mol. The Balaban J connectivity index is 2.01. The number of hydroxylamine groups is 1. The summed E-state index contributed by atoms with van der Waals surface area (Å²) >= 11 is 0. The highest BCUT2D eigenvalue weighted by Gasteiger charge is 2.28. The molecular weight excluding hydrogens is 419 g/mol. The summed E-state index contributed by atoms with van der Waals surface area (Å²) in [5.74, 6) is -4.43. The standard InChI is InChI=1S/C20H20F3N3O5/c1-11-2-3-15(14(21)8-11)24-18-13(19(28)25-31-7-5-27)9-12(16(22)17(18)23)10-26-4-6-30-20(26)29/h2-3,8-9,24,27H,4-7,10H2,1H3,(H,25,28). The normalized spacial score (nSPS) is 13.3. The zero-order valence-corrected chi connectivity index (χ0v) is 16.5. The fourth-order valence-corrected chi connectivity index (χ4v) is 2.94. The molecule has 3 N–H and O–H groups in total. The van der Waals surface area contributed by atoms with E-state index in [1.807, 2.05) is 5.48 Å². The number of carbonyl (C=O) groups excluding carboxylic acids is 2. The second-order valence-corrected chi connectivity index (χ2v) is 6.73. The van der Waals surface area contributed by atoms with Gasteiger partial charge in [0.05, 0.1) is 43.2 Å². The van der Waals surface area contributed by atoms with E-state index in [9.17, 15) is 22.8 Å². The third-order valence-corrected chi connectivity index (χ3v) is 4.48. The Morgan fingerprint density at radius 2 is 2.03 bits per heavy atom. The second-order valence-electron chi connectivity index (χ2n) is 6.73. The van der Waals surface area contributed by atoms with Gasteiger partial charge in [0, 0.05) is 5.56 Å². The Kier molecular flexibility index (Phi) is 6.98. The lowest BCUT2D eigenvalue weighted by Crippen LogP contribution is -2.28. The van der Waals surface area contributed by atoms with E-state index in [0.29, 0.717) is 5.56 Å². The maximum atomic E-state index is 15.0. The van der Waals surface area contributed by atoms with E-state index in [0.717, 1.165) is 11.0 Å². The minimum atomic E-state index is -1.43. The first-order valence-corrected chi connectivity index (χ1v) is 9.30. The van der Waals surface area contributed by atoms with Crippen molar-refractivity contribution in [1.29, 1.82) is 0 Å². The molecule has 0 spiro atoms. The van der Waals surface area contributed by atoms with Crippen LogP contribution >= 0.6 is 0 Å². The van der Waals surface area contributed by atoms with Gasteiger partial charge < -0.3 is 20.1 Å². The largest absolute Gasteiger partial charge is 0.448 e. The Morgan fingerprint density at radius 3 is 2.68 bits per heavy atom. The molecule has 11 heteroatoms. The molecule has 3 rings (SSSR count). The molecule has 1 fully saturated rings. The summed E-state index contributed by atoms with van der Waals surface area (Å²) in [6.45, 7) is 0.978. The number of cyclic esters (lactones) is 1. The van der Waals surface area contributed by atoms with Crippen LogP contribution in [0.25, 0.3) is 0 Å². The maximum absolute atomic E-state index is 15.0. The zero-order chi connectivity index (χ0) is 22.5. The fraction of sp³-hybridized carbons (Fsp3) is 0.300. The number of aliphatic hydroxyl groups is 1. The van der Waals surface area contributed by atoms with Crippen LogP contribution in [0.3, 0.4) is 0 Å². The molecule has 0 unspecified atom stereocenters. The fourth-order valence-electron chi connectivity index (χ4n) is 2.94. The van der Waals surface area contributed by atoms with E-state index in [-0.39, 0.29) is 49.7 Å². The number of hydrogen-bond acceptors (Lipinski definition) is 6. The predicted molar refractivity (Wildman–Crippen MR) is 103 cm³/mol. The molecule has 166 valence electrons. The van der Waals surface area contributed by atoms with Crippen LogP contribution in [0.4, 0.5) is 29.3 Å². The van der Waals surface area contributed by atoms with Crippen molar-refractivity contribution in [3.8, 4) is 0 Å². The van der Waals surface area contributed by atoms with E-state index in [4.69, 9.17) is 14.7 Å². The molecule has 2 aromatic carbocycles. The number of carbonyl (C=O) groups is 2. The molecule has 1 aliphatic rings. The molecule has 1 heterocycles. The number of benzene rings is 2. The number of nitrogens with zero attached hydrogens (tertiary/aromatic N) is 1. The predicted octanol–water partition coefficient (Wildman–Crippen LogP) is 2.76. The van der Waals surface area contributed by atoms with Crippen molar-refractivity contribution >= 4 is 23.4 Å². The number of aliphatic hydroxyl groups excluding tert-OH is 1. The molecule has 0 saturated carbocycles. The second kappa shape index (κ2) is 9.67. The van der Waals surface area contributed by atoms with E-state index < -0.39 is 35.1 Å². The molecule has 0 aromatic heterocycles. The SMILES string of the molecule is Cc1ccc(Nc2c(C(=O)NOCCO)cc(CN3CCOC3=O)c(F)c2F)c(F)c1. The first kappa shape index (κ1) is 22.4. The summed E-state index contributed by atoms with van der Waals surface area (Å²) in [5.41, 5.74) is 1.15. The quantitative estimate of drug-likeness (QED) is 0.432. The number of rotatable bonds is 8. The zero-order valence-electron chi connectivity index (χ0n) is 16.5. The molecule has 1 saturated heterocycles. The molecule has 0 aliphatic carbocycles. The summed E-state index contributed by atoms with van der Waals surface area (Å²) < 4.78 is 48.8. The van der Waals surface area contributed by atoms with Gasteiger partial charge in [-0.15, -0.1) is 0 Å². The molecule has 0 bridgehead atoms. The third kappa shape index (κ3) is 5.06. The summed E-state index contributed by atoms with van der Waals surface area (Å²) in [7, 11) is 0. The minimum absolute atomic E-state index is 0.109. The lowest BCUT2D eigenvalue weighted by atomic mass is 10.0. The Morgan fingerprint density at radius 1 is 1.26 bits per heavy atom. The van der Waals surface area contributed by atoms with Gasteiger partial charge in [-0.05, 0) is 30.7 Å². The highest BCUT2D eigenvalue weighted by molar-refractivity contribution is 6.00. The van der Waals surface area contributed by atoms with Gasteiger partial charge in [-0.1, -0.05) is 6.07 Å². The monoisotopic (exact) mass is 439 g/mol. The van der Waals surface area contributed by atoms with Crippen molar-refractivity contribution in [1.82, 2.24) is 10.4 Å². The Labute approximate surface area is 175 Å². The number of nitrogens with one attached hydrogen (secondary N) is 2. The third-order valence-electron chi connectivity index (χ3n) is 4.48. The lowest BCUT2D eigenvalue weighted by Gasteiger charge is -2.19. The number of amides is 2. The molecule has 8 nitrogen and oxygen atoms in total. The summed E-state index contributed by atoms with van der Waals surface area (Å²) in [6, 6.07) is 5.10. The van der Waals surface area contributed by atoms with Gasteiger partial charge in [0.25, 0.3) is 5.91 Å². The van der Waals surface area contributed by atoms with Crippen LogP contribution in [0.5, 0.6) is 0 Å². The van der Waals surface area contributed by atoms with Crippen LogP contribution in [-0.4, -0.2) is 48.4 Å². The molecule has 0 atom stereocenters. The minimum Gasteiger partial charge on any atom is -0.448 e. The Hall–Kier alpha value is -3.31. The first-order chi connectivity index (χ1) is 14.8. The topological polar surface area (TPSA) is 100 Å². The van der Waals surface area contributed by atoms with E-state index >= 15 is 0 Å². The van der Waals surface area contributed by atoms with E-state index in [1.165, 1.54) is 12.1 Å². The number of ether oxygens (including phenoxy) is 1. The first-order valence-electron chi connectivity index (χ1n) is 9.30. The average Bonchev–Trinajstić information content (AvgIpc) is 3.13. The number of hydrogen-bond donors (Lipinski definition) is 3. The van der Waals surface area contributed by atoms with Gasteiger partial charge in [0.2, 0.25) is 0 Å². The van der Waals surface area contributed by atoms with Crippen molar-refractivity contribution in [2.24, 2.45) is 0 Å². The van der Waals surface area contributed by atoms with Crippen LogP contribution in [0, 0.1) is 24.4 Å². The van der Waals surface area contributed by atoms with Crippen molar-refractivity contribution < 1.29 is 37.4 Å². The van der Waals surface area contributed by atoms with Gasteiger partial charge in [0.1, 0.15) is 12.4 Å². The molecule has 2 aromatic rings. The maximum Gasteiger partial charge on any atom is 0.410 e. The van der Waals surface area contributed by atoms with Crippen LogP contribution < -0.4 is 10.8 Å². The molecule has 0 radical (unpaired) electrons. The van der Waals surface area contributed by atoms with Crippen molar-refractivity contribution in [2.75, 3.05) is 31.7 Å². The van der Waals surface area contributed by atoms with Gasteiger partial charge in [0.15, 0.2) is 11.6 Å². The van der Waals surface area contributed by atoms with Gasteiger partial charge in [-0.2, -0.15) is 0 Å². The number of anilines is 2. The van der Waals surface area contributed by atoms with Crippen LogP contribution in [-0.2, 0) is 16.1 Å². The smallest absolute Gasteiger partial charge is 0.410 e. The summed E-state index contributed by atoms with van der Waals surface area (Å²) in [6.07, 6.45) is -0.694. The summed E-state index contributed by atoms with van der Waals surface area (Å²) in [5, 5.41) is 11.2. The molecule has 1 aliphatic heterocycles. The van der Waals surface area contributed by atoms with E-state index in [1.54, 1.807) is 13.0 Å². The number of aryl methyl sites for hydroxylation is 1. The van der Waals surface area contributed by atoms with Gasteiger partial charge in [-0.25, -0.2) is 23.4 Å².